The Labute approximate surface area is 131 Å². The van der Waals surface area contributed by atoms with Crippen LogP contribution in [0.4, 0.5) is 0 Å². The number of carbonyl (C=O) groups is 1. The van der Waals surface area contributed by atoms with Crippen molar-refractivity contribution in [1.29, 1.82) is 0 Å². The van der Waals surface area contributed by atoms with E-state index in [1.807, 2.05) is 13.8 Å². The maximum Gasteiger partial charge on any atom is 0.254 e. The van der Waals surface area contributed by atoms with Crippen molar-refractivity contribution in [3.8, 4) is 0 Å². The lowest BCUT2D eigenvalue weighted by atomic mass is 10.2. The number of carbonyl (C=O) groups excluding carboxylic acids is 1. The van der Waals surface area contributed by atoms with E-state index < -0.39 is 0 Å². The number of hydrogen-bond donors (Lipinski definition) is 6. The second-order valence-corrected chi connectivity index (χ2v) is 6.40. The van der Waals surface area contributed by atoms with Gasteiger partial charge < -0.3 is 20.6 Å². The number of aryl methyl sites for hydroxylation is 1. The van der Waals surface area contributed by atoms with Crippen LogP contribution in [-0.4, -0.2) is 27.1 Å². The summed E-state index contributed by atoms with van der Waals surface area (Å²) in [6.45, 7) is 3.88. The zero-order valence-corrected chi connectivity index (χ0v) is 13.8. The summed E-state index contributed by atoms with van der Waals surface area (Å²) in [4.78, 5) is 29.7. The quantitative estimate of drug-likeness (QED) is 0.366. The monoisotopic (exact) mass is 328 g/mol. The van der Waals surface area contributed by atoms with Gasteiger partial charge >= 0.3 is 0 Å². The molecule has 4 N–H and O–H groups in total. The van der Waals surface area contributed by atoms with Gasteiger partial charge in [-0.1, -0.05) is 13.3 Å². The number of H-pyrrole nitrogens is 2. The summed E-state index contributed by atoms with van der Waals surface area (Å²) in [5.41, 5.74) is 1.83. The molecule has 1 aromatic rings. The first-order chi connectivity index (χ1) is 10.0. The van der Waals surface area contributed by atoms with Crippen LogP contribution in [0.2, 0.25) is 0 Å². The van der Waals surface area contributed by atoms with Crippen LogP contribution in [0.15, 0.2) is 22.3 Å². The molecule has 0 bridgehead atoms. The molecule has 0 aliphatic carbocycles. The van der Waals surface area contributed by atoms with E-state index in [1.54, 1.807) is 6.20 Å². The Morgan fingerprint density at radius 3 is 2.71 bits per heavy atom. The largest absolute Gasteiger partial charge is 0.360 e. The fourth-order valence-corrected chi connectivity index (χ4v) is 3.39. The standard InChI is InChI=1S/C13H20N4O2S2/c1-3-4-8-5-14-13(17-10(8)18)21-6-9-7(2)15-12(20)16-11(9)19/h5,12,14-15,20-21H,3-4,6H2,1-2H3,(H,16,19)(H,17,18). The van der Waals surface area contributed by atoms with E-state index in [-0.39, 0.29) is 17.0 Å². The first-order valence-corrected chi connectivity index (χ1v) is 8.37. The molecule has 21 heavy (non-hydrogen) atoms. The van der Waals surface area contributed by atoms with Crippen molar-refractivity contribution in [3.05, 3.63) is 38.2 Å². The fraction of sp³-hybridized carbons (Fsp3) is 0.462. The predicted octanol–water partition coefficient (Wildman–Crippen LogP) is 0.860. The molecule has 1 unspecified atom stereocenters. The van der Waals surface area contributed by atoms with Gasteiger partial charge in [0, 0.05) is 28.8 Å². The number of aromatic amines is 2. The van der Waals surface area contributed by atoms with E-state index in [9.17, 15) is 9.59 Å². The third-order valence-electron chi connectivity index (χ3n) is 3.17. The number of rotatable bonds is 4. The number of hydrogen-bond acceptors (Lipinski definition) is 4. The van der Waals surface area contributed by atoms with Gasteiger partial charge in [0.05, 0.1) is 0 Å². The minimum atomic E-state index is -0.349. The Balaban J connectivity index is 2.22. The number of aromatic nitrogens is 2. The highest BCUT2D eigenvalue weighted by atomic mass is 32.1. The number of thiol groups is 2. The lowest BCUT2D eigenvalue weighted by Gasteiger charge is -2.24. The Morgan fingerprint density at radius 2 is 2.10 bits per heavy atom. The zero-order chi connectivity index (χ0) is 15.4. The lowest BCUT2D eigenvalue weighted by molar-refractivity contribution is -0.118. The SMILES string of the molecule is CCCc1c[nH]/c(=[SH]\CC2=C(C)NC(S)NC2=O)[nH]c1=O. The predicted molar refractivity (Wildman–Crippen MR) is 89.3 cm³/mol. The molecule has 1 aliphatic heterocycles. The van der Waals surface area contributed by atoms with Gasteiger partial charge in [-0.3, -0.25) is 9.59 Å². The van der Waals surface area contributed by atoms with Gasteiger partial charge in [-0.25, -0.2) is 0 Å². The summed E-state index contributed by atoms with van der Waals surface area (Å²) >= 11 is 5.01. The molecule has 2 heterocycles. The topological polar surface area (TPSA) is 89.8 Å². The highest BCUT2D eigenvalue weighted by Gasteiger charge is 2.20. The Bertz CT molecular complexity index is 690. The van der Waals surface area contributed by atoms with Crippen LogP contribution in [0.3, 0.4) is 0 Å². The Morgan fingerprint density at radius 1 is 1.33 bits per heavy atom. The summed E-state index contributed by atoms with van der Waals surface area (Å²) in [7, 11) is 0. The average Bonchev–Trinajstić information content (AvgIpc) is 2.40. The van der Waals surface area contributed by atoms with Crippen molar-refractivity contribution >= 4 is 29.9 Å². The third-order valence-corrected chi connectivity index (χ3v) is 4.46. The fourth-order valence-electron chi connectivity index (χ4n) is 2.04. The van der Waals surface area contributed by atoms with Crippen LogP contribution in [0, 0.1) is 4.77 Å². The molecule has 0 aromatic carbocycles. The van der Waals surface area contributed by atoms with Crippen LogP contribution in [0.1, 0.15) is 25.8 Å². The maximum atomic E-state index is 11.9. The smallest absolute Gasteiger partial charge is 0.254 e. The minimum Gasteiger partial charge on any atom is -0.360 e. The van der Waals surface area contributed by atoms with E-state index in [1.165, 1.54) is 0 Å². The van der Waals surface area contributed by atoms with E-state index in [0.29, 0.717) is 16.1 Å². The lowest BCUT2D eigenvalue weighted by Crippen LogP contribution is -2.47. The van der Waals surface area contributed by atoms with Gasteiger partial charge in [0.25, 0.3) is 11.5 Å². The highest BCUT2D eigenvalue weighted by Crippen LogP contribution is 2.12. The minimum absolute atomic E-state index is 0.0644. The number of nitrogens with one attached hydrogen (secondary N) is 4. The molecule has 2 rings (SSSR count). The molecule has 0 saturated heterocycles. The van der Waals surface area contributed by atoms with Gasteiger partial charge in [-0.05, 0) is 13.3 Å². The third kappa shape index (κ3) is 4.04. The van der Waals surface area contributed by atoms with E-state index in [4.69, 9.17) is 0 Å². The van der Waals surface area contributed by atoms with Gasteiger partial charge in [-0.15, -0.1) is 12.6 Å². The average molecular weight is 328 g/mol. The van der Waals surface area contributed by atoms with E-state index >= 15 is 0 Å². The van der Waals surface area contributed by atoms with Gasteiger partial charge in [0.15, 0.2) is 0 Å². The van der Waals surface area contributed by atoms with Crippen molar-refractivity contribution in [1.82, 2.24) is 20.6 Å². The van der Waals surface area contributed by atoms with E-state index in [0.717, 1.165) is 35.5 Å². The molecule has 1 aromatic heterocycles. The van der Waals surface area contributed by atoms with Crippen molar-refractivity contribution in [2.45, 2.75) is 32.2 Å². The van der Waals surface area contributed by atoms with Gasteiger partial charge in [0.2, 0.25) is 0 Å². The molecule has 8 heteroatoms. The first-order valence-electron chi connectivity index (χ1n) is 6.78. The molecule has 0 saturated carbocycles. The number of allylic oxidation sites excluding steroid dienone is 1. The summed E-state index contributed by atoms with van der Waals surface area (Å²) in [6.07, 6.45) is 3.43. The van der Waals surface area contributed by atoms with Gasteiger partial charge in [-0.2, -0.15) is 11.4 Å². The molecule has 0 radical (unpaired) electrons. The summed E-state index contributed by atoms with van der Waals surface area (Å²) in [5, 5.41) is 5.76. The summed E-state index contributed by atoms with van der Waals surface area (Å²) in [6, 6.07) is 0. The van der Waals surface area contributed by atoms with Crippen molar-refractivity contribution in [2.75, 3.05) is 5.75 Å². The molecule has 0 fully saturated rings. The number of amides is 1. The van der Waals surface area contributed by atoms with Crippen LogP contribution >= 0.6 is 24.0 Å². The molecular weight excluding hydrogens is 308 g/mol. The summed E-state index contributed by atoms with van der Waals surface area (Å²) in [5.74, 6) is 0.397. The Hall–Kier alpha value is -1.41. The van der Waals surface area contributed by atoms with Crippen molar-refractivity contribution in [3.63, 3.8) is 0 Å². The second kappa shape index (κ2) is 7.04. The first kappa shape index (κ1) is 16.0. The van der Waals surface area contributed by atoms with E-state index in [2.05, 4.69) is 33.2 Å². The van der Waals surface area contributed by atoms with Crippen LogP contribution in [-0.2, 0) is 11.2 Å². The maximum absolute atomic E-state index is 11.9. The van der Waals surface area contributed by atoms with Crippen LogP contribution in [0.5, 0.6) is 0 Å². The second-order valence-electron chi connectivity index (χ2n) is 4.81. The van der Waals surface area contributed by atoms with Crippen molar-refractivity contribution in [2.24, 2.45) is 0 Å². The normalized spacial score (nSPS) is 19.9. The zero-order valence-electron chi connectivity index (χ0n) is 12.0. The molecule has 116 valence electrons. The molecular formula is C13H20N4O2S2. The molecule has 1 atom stereocenters. The highest BCUT2D eigenvalue weighted by molar-refractivity contribution is 7.91. The molecule has 0 spiro atoms. The Kier molecular flexibility index (Phi) is 5.35. The van der Waals surface area contributed by atoms with Crippen LogP contribution < -0.4 is 16.2 Å². The molecule has 1 aliphatic rings. The molecule has 1 amide bonds. The summed E-state index contributed by atoms with van der Waals surface area (Å²) < 4.78 is 0.695. The van der Waals surface area contributed by atoms with Crippen LogP contribution in [0.25, 0.3) is 0 Å². The van der Waals surface area contributed by atoms with Crippen molar-refractivity contribution < 1.29 is 4.79 Å². The molecule has 6 nitrogen and oxygen atoms in total. The van der Waals surface area contributed by atoms with Gasteiger partial charge in [0.1, 0.15) is 10.3 Å².